The number of hydrogen-bond acceptors (Lipinski definition) is 3. The molecule has 98 valence electrons. The maximum atomic E-state index is 11.7. The molecule has 0 aliphatic rings. The first-order valence-corrected chi connectivity index (χ1v) is 6.60. The summed E-state index contributed by atoms with van der Waals surface area (Å²) in [5.74, 6) is 0.538. The highest BCUT2D eigenvalue weighted by Crippen LogP contribution is 2.23. The molecule has 0 saturated heterocycles. The zero-order chi connectivity index (χ0) is 13.5. The van der Waals surface area contributed by atoms with Crippen LogP contribution in [0.5, 0.6) is 5.75 Å². The summed E-state index contributed by atoms with van der Waals surface area (Å²) in [4.78, 5) is 13.7. The Labute approximate surface area is 120 Å². The van der Waals surface area contributed by atoms with Gasteiger partial charge in [0.25, 0.3) is 5.91 Å². The summed E-state index contributed by atoms with van der Waals surface area (Å²) in [6.45, 7) is 0.504. The lowest BCUT2D eigenvalue weighted by atomic mass is 10.3. The van der Waals surface area contributed by atoms with E-state index in [1.807, 2.05) is 18.2 Å². The van der Waals surface area contributed by atoms with Gasteiger partial charge < -0.3 is 15.4 Å². The van der Waals surface area contributed by atoms with Crippen molar-refractivity contribution in [2.24, 2.45) is 5.73 Å². The van der Waals surface area contributed by atoms with Crippen LogP contribution in [0.2, 0.25) is 0 Å². The average Bonchev–Trinajstić information content (AvgIpc) is 2.34. The Hall–Kier alpha value is -1.14. The van der Waals surface area contributed by atoms with Crippen LogP contribution in [-0.2, 0) is 4.79 Å². The summed E-state index contributed by atoms with van der Waals surface area (Å²) >= 11 is 8.11. The third-order valence-corrected chi connectivity index (χ3v) is 3.17. The van der Waals surface area contributed by atoms with E-state index in [1.54, 1.807) is 18.0 Å². The van der Waals surface area contributed by atoms with Crippen LogP contribution >= 0.6 is 28.1 Å². The molecule has 0 heterocycles. The van der Waals surface area contributed by atoms with E-state index >= 15 is 0 Å². The SMILES string of the molecule is CN(CCC(N)=S)C(=O)COc1ccccc1Br. The van der Waals surface area contributed by atoms with Gasteiger partial charge in [0.15, 0.2) is 6.61 Å². The molecule has 1 aromatic carbocycles. The van der Waals surface area contributed by atoms with Gasteiger partial charge in [-0.1, -0.05) is 24.4 Å². The summed E-state index contributed by atoms with van der Waals surface area (Å²) in [5, 5.41) is 0. The highest BCUT2D eigenvalue weighted by Gasteiger charge is 2.10. The minimum absolute atomic E-state index is 0.00353. The van der Waals surface area contributed by atoms with Crippen LogP contribution in [0.25, 0.3) is 0 Å². The summed E-state index contributed by atoms with van der Waals surface area (Å²) in [5.41, 5.74) is 5.38. The molecule has 0 aliphatic heterocycles. The molecule has 0 spiro atoms. The largest absolute Gasteiger partial charge is 0.483 e. The van der Waals surface area contributed by atoms with Crippen molar-refractivity contribution in [3.63, 3.8) is 0 Å². The smallest absolute Gasteiger partial charge is 0.260 e. The second kappa shape index (κ2) is 7.33. The van der Waals surface area contributed by atoms with E-state index in [4.69, 9.17) is 22.7 Å². The molecule has 1 rings (SSSR count). The van der Waals surface area contributed by atoms with Crippen molar-refractivity contribution in [1.82, 2.24) is 4.90 Å². The van der Waals surface area contributed by atoms with E-state index in [1.165, 1.54) is 0 Å². The Morgan fingerprint density at radius 1 is 1.50 bits per heavy atom. The van der Waals surface area contributed by atoms with Gasteiger partial charge in [-0.05, 0) is 28.1 Å². The lowest BCUT2D eigenvalue weighted by Crippen LogP contribution is -2.33. The van der Waals surface area contributed by atoms with Gasteiger partial charge >= 0.3 is 0 Å². The fourth-order valence-corrected chi connectivity index (χ4v) is 1.70. The Morgan fingerprint density at radius 2 is 2.17 bits per heavy atom. The number of carbonyl (C=O) groups is 1. The van der Waals surface area contributed by atoms with Crippen molar-refractivity contribution in [2.45, 2.75) is 6.42 Å². The Morgan fingerprint density at radius 3 is 2.78 bits per heavy atom. The lowest BCUT2D eigenvalue weighted by molar-refractivity contribution is -0.131. The number of nitrogens with zero attached hydrogens (tertiary/aromatic N) is 1. The minimum Gasteiger partial charge on any atom is -0.483 e. The molecular weight excluding hydrogens is 316 g/mol. The van der Waals surface area contributed by atoms with Gasteiger partial charge in [0.05, 0.1) is 9.46 Å². The topological polar surface area (TPSA) is 55.6 Å². The lowest BCUT2D eigenvalue weighted by Gasteiger charge is -2.17. The molecule has 0 bridgehead atoms. The molecule has 0 fully saturated rings. The maximum Gasteiger partial charge on any atom is 0.260 e. The molecule has 1 amide bonds. The van der Waals surface area contributed by atoms with Crippen molar-refractivity contribution < 1.29 is 9.53 Å². The predicted octanol–water partition coefficient (Wildman–Crippen LogP) is 1.96. The number of carbonyl (C=O) groups excluding carboxylic acids is 1. The number of ether oxygens (including phenoxy) is 1. The quantitative estimate of drug-likeness (QED) is 0.810. The number of halogens is 1. The van der Waals surface area contributed by atoms with Gasteiger partial charge in [0.2, 0.25) is 0 Å². The van der Waals surface area contributed by atoms with Crippen LogP contribution in [-0.4, -0.2) is 36.0 Å². The maximum absolute atomic E-state index is 11.7. The third kappa shape index (κ3) is 5.01. The molecule has 6 heteroatoms. The average molecular weight is 331 g/mol. The molecule has 0 aliphatic carbocycles. The Bertz CT molecular complexity index is 440. The van der Waals surface area contributed by atoms with Crippen LogP contribution in [0.3, 0.4) is 0 Å². The van der Waals surface area contributed by atoms with Gasteiger partial charge in [-0.2, -0.15) is 0 Å². The van der Waals surface area contributed by atoms with Gasteiger partial charge in [0, 0.05) is 20.0 Å². The summed E-state index contributed by atoms with van der Waals surface area (Å²) in [6, 6.07) is 7.39. The van der Waals surface area contributed by atoms with Gasteiger partial charge in [0.1, 0.15) is 5.75 Å². The van der Waals surface area contributed by atoms with E-state index in [0.29, 0.717) is 23.7 Å². The first-order chi connectivity index (χ1) is 8.50. The highest BCUT2D eigenvalue weighted by molar-refractivity contribution is 9.10. The number of hydrogen-bond donors (Lipinski definition) is 1. The Balaban J connectivity index is 2.41. The zero-order valence-corrected chi connectivity index (χ0v) is 12.5. The van der Waals surface area contributed by atoms with Gasteiger partial charge in [-0.3, -0.25) is 4.79 Å². The van der Waals surface area contributed by atoms with Crippen LogP contribution in [0.15, 0.2) is 28.7 Å². The summed E-state index contributed by atoms with van der Waals surface area (Å²) < 4.78 is 6.25. The summed E-state index contributed by atoms with van der Waals surface area (Å²) in [6.07, 6.45) is 0.520. The van der Waals surface area contributed by atoms with Crippen LogP contribution in [0, 0.1) is 0 Å². The molecule has 4 nitrogen and oxygen atoms in total. The van der Waals surface area contributed by atoms with Crippen LogP contribution in [0.1, 0.15) is 6.42 Å². The fraction of sp³-hybridized carbons (Fsp3) is 0.333. The fourth-order valence-electron chi connectivity index (χ4n) is 1.21. The number of nitrogens with two attached hydrogens (primary N) is 1. The van der Waals surface area contributed by atoms with E-state index in [0.717, 1.165) is 4.47 Å². The first-order valence-electron chi connectivity index (χ1n) is 5.40. The van der Waals surface area contributed by atoms with Crippen molar-refractivity contribution in [1.29, 1.82) is 0 Å². The second-order valence-corrected chi connectivity index (χ2v) is 5.13. The van der Waals surface area contributed by atoms with Crippen molar-refractivity contribution in [3.05, 3.63) is 28.7 Å². The number of likely N-dealkylation sites (N-methyl/N-ethyl adjacent to an activating group) is 1. The first kappa shape index (κ1) is 14.9. The van der Waals surface area contributed by atoms with Crippen molar-refractivity contribution >= 4 is 39.0 Å². The third-order valence-electron chi connectivity index (χ3n) is 2.31. The van der Waals surface area contributed by atoms with Gasteiger partial charge in [-0.15, -0.1) is 0 Å². The zero-order valence-electron chi connectivity index (χ0n) is 10.1. The molecule has 0 saturated carbocycles. The minimum atomic E-state index is -0.109. The van der Waals surface area contributed by atoms with E-state index in [2.05, 4.69) is 15.9 Å². The second-order valence-electron chi connectivity index (χ2n) is 3.75. The molecule has 0 radical (unpaired) electrons. The highest BCUT2D eigenvalue weighted by atomic mass is 79.9. The van der Waals surface area contributed by atoms with E-state index in [-0.39, 0.29) is 12.5 Å². The molecule has 2 N–H and O–H groups in total. The van der Waals surface area contributed by atoms with Crippen molar-refractivity contribution in [2.75, 3.05) is 20.2 Å². The molecule has 0 atom stereocenters. The van der Waals surface area contributed by atoms with Crippen LogP contribution in [0.4, 0.5) is 0 Å². The number of benzene rings is 1. The molecular formula is C12H15BrN2O2S. The normalized spacial score (nSPS) is 9.89. The molecule has 0 unspecified atom stereocenters. The standard InChI is InChI=1S/C12H15BrN2O2S/c1-15(7-6-11(14)18)12(16)8-17-10-5-3-2-4-9(10)13/h2-5H,6-8H2,1H3,(H2,14,18). The van der Waals surface area contributed by atoms with Crippen molar-refractivity contribution in [3.8, 4) is 5.75 Å². The summed E-state index contributed by atoms with van der Waals surface area (Å²) in [7, 11) is 1.70. The van der Waals surface area contributed by atoms with E-state index < -0.39 is 0 Å². The predicted molar refractivity (Wildman–Crippen MR) is 78.7 cm³/mol. The molecule has 0 aromatic heterocycles. The molecule has 18 heavy (non-hydrogen) atoms. The van der Waals surface area contributed by atoms with Crippen LogP contribution < -0.4 is 10.5 Å². The molecule has 1 aromatic rings. The van der Waals surface area contributed by atoms with Gasteiger partial charge in [-0.25, -0.2) is 0 Å². The number of amides is 1. The number of rotatable bonds is 6. The monoisotopic (exact) mass is 330 g/mol. The number of para-hydroxylation sites is 1. The Kier molecular flexibility index (Phi) is 6.07. The number of thiocarbonyl (C=S) groups is 1. The van der Waals surface area contributed by atoms with E-state index in [9.17, 15) is 4.79 Å².